The van der Waals surface area contributed by atoms with Crippen molar-refractivity contribution in [2.45, 2.75) is 13.3 Å². The van der Waals surface area contributed by atoms with E-state index in [-0.39, 0.29) is 5.91 Å². The van der Waals surface area contributed by atoms with Crippen molar-refractivity contribution in [3.05, 3.63) is 65.5 Å². The minimum Gasteiger partial charge on any atom is -0.497 e. The summed E-state index contributed by atoms with van der Waals surface area (Å²) in [5.74, 6) is 1.66. The van der Waals surface area contributed by atoms with E-state index in [1.165, 1.54) is 0 Å². The predicted octanol–water partition coefficient (Wildman–Crippen LogP) is 3.03. The monoisotopic (exact) mass is 337 g/mol. The molecule has 2 aromatic carbocycles. The molecule has 0 saturated carbocycles. The van der Waals surface area contributed by atoms with E-state index >= 15 is 0 Å². The average molecular weight is 337 g/mol. The van der Waals surface area contributed by atoms with Crippen molar-refractivity contribution in [3.63, 3.8) is 0 Å². The van der Waals surface area contributed by atoms with E-state index < -0.39 is 0 Å². The number of aromatic nitrogens is 2. The quantitative estimate of drug-likeness (QED) is 0.748. The van der Waals surface area contributed by atoms with Crippen LogP contribution in [0.5, 0.6) is 5.75 Å². The standard InChI is InChI=1S/C19H19N3O3/c1-13-4-3-5-15(12-13)19(23)20-11-10-17-21-18(22-25-17)14-6-8-16(24-2)9-7-14/h3-9,12H,10-11H2,1-2H3,(H,20,23). The molecule has 0 spiro atoms. The zero-order valence-electron chi connectivity index (χ0n) is 14.2. The van der Waals surface area contributed by atoms with Gasteiger partial charge in [-0.3, -0.25) is 4.79 Å². The lowest BCUT2D eigenvalue weighted by Crippen LogP contribution is -2.25. The lowest BCUT2D eigenvalue weighted by atomic mass is 10.1. The Bertz CT molecular complexity index is 856. The normalized spacial score (nSPS) is 10.5. The Labute approximate surface area is 145 Å². The summed E-state index contributed by atoms with van der Waals surface area (Å²) in [4.78, 5) is 16.4. The zero-order chi connectivity index (χ0) is 17.6. The Balaban J connectivity index is 1.55. The average Bonchev–Trinajstić information content (AvgIpc) is 3.10. The van der Waals surface area contributed by atoms with Crippen molar-refractivity contribution >= 4 is 5.91 Å². The van der Waals surface area contributed by atoms with Crippen LogP contribution >= 0.6 is 0 Å². The molecule has 0 aliphatic heterocycles. The van der Waals surface area contributed by atoms with Crippen molar-refractivity contribution in [2.75, 3.05) is 13.7 Å². The van der Waals surface area contributed by atoms with Crippen LogP contribution in [0.1, 0.15) is 21.8 Å². The lowest BCUT2D eigenvalue weighted by Gasteiger charge is -2.04. The minimum atomic E-state index is -0.112. The number of aryl methyl sites for hydroxylation is 1. The first-order valence-corrected chi connectivity index (χ1v) is 7.97. The molecule has 1 N–H and O–H groups in total. The molecule has 3 aromatic rings. The van der Waals surface area contributed by atoms with E-state index in [9.17, 15) is 4.79 Å². The fourth-order valence-electron chi connectivity index (χ4n) is 2.39. The Morgan fingerprint density at radius 2 is 2.00 bits per heavy atom. The molecule has 0 saturated heterocycles. The lowest BCUT2D eigenvalue weighted by molar-refractivity contribution is 0.0953. The number of hydrogen-bond donors (Lipinski definition) is 1. The number of amides is 1. The Morgan fingerprint density at radius 1 is 1.20 bits per heavy atom. The van der Waals surface area contributed by atoms with Crippen LogP contribution in [0.4, 0.5) is 0 Å². The molecule has 25 heavy (non-hydrogen) atoms. The molecule has 0 aliphatic carbocycles. The first kappa shape index (κ1) is 16.7. The van der Waals surface area contributed by atoms with Crippen molar-refractivity contribution in [1.29, 1.82) is 0 Å². The van der Waals surface area contributed by atoms with E-state index in [1.807, 2.05) is 49.4 Å². The number of nitrogens with one attached hydrogen (secondary N) is 1. The number of ether oxygens (including phenoxy) is 1. The van der Waals surface area contributed by atoms with Gasteiger partial charge in [-0.05, 0) is 43.3 Å². The van der Waals surface area contributed by atoms with Gasteiger partial charge in [-0.25, -0.2) is 0 Å². The third-order valence-corrected chi connectivity index (χ3v) is 3.72. The van der Waals surface area contributed by atoms with Gasteiger partial charge < -0.3 is 14.6 Å². The molecule has 0 fully saturated rings. The fourth-order valence-corrected chi connectivity index (χ4v) is 2.39. The van der Waals surface area contributed by atoms with Gasteiger partial charge in [0.1, 0.15) is 5.75 Å². The topological polar surface area (TPSA) is 77.3 Å². The van der Waals surface area contributed by atoms with Crippen LogP contribution < -0.4 is 10.1 Å². The molecule has 6 nitrogen and oxygen atoms in total. The van der Waals surface area contributed by atoms with E-state index in [0.717, 1.165) is 16.9 Å². The molecule has 1 amide bonds. The van der Waals surface area contributed by atoms with Crippen LogP contribution in [0, 0.1) is 6.92 Å². The van der Waals surface area contributed by atoms with Crippen molar-refractivity contribution in [3.8, 4) is 17.1 Å². The zero-order valence-corrected chi connectivity index (χ0v) is 14.2. The highest BCUT2D eigenvalue weighted by Crippen LogP contribution is 2.19. The minimum absolute atomic E-state index is 0.112. The molecule has 0 unspecified atom stereocenters. The van der Waals surface area contributed by atoms with Gasteiger partial charge in [0.15, 0.2) is 0 Å². The third kappa shape index (κ3) is 4.23. The smallest absolute Gasteiger partial charge is 0.251 e. The second kappa shape index (κ2) is 7.61. The van der Waals surface area contributed by atoms with Gasteiger partial charge in [-0.15, -0.1) is 0 Å². The number of hydrogen-bond acceptors (Lipinski definition) is 5. The van der Waals surface area contributed by atoms with Gasteiger partial charge in [0.2, 0.25) is 11.7 Å². The van der Waals surface area contributed by atoms with E-state index in [1.54, 1.807) is 13.2 Å². The van der Waals surface area contributed by atoms with Crippen LogP contribution in [0.3, 0.4) is 0 Å². The summed E-state index contributed by atoms with van der Waals surface area (Å²) in [6.45, 7) is 2.38. The first-order chi connectivity index (χ1) is 12.2. The molecule has 1 aromatic heterocycles. The summed E-state index contributed by atoms with van der Waals surface area (Å²) in [7, 11) is 1.62. The van der Waals surface area contributed by atoms with E-state index in [2.05, 4.69) is 15.5 Å². The van der Waals surface area contributed by atoms with Crippen LogP contribution in [0.2, 0.25) is 0 Å². The maximum atomic E-state index is 12.1. The van der Waals surface area contributed by atoms with Gasteiger partial charge in [0, 0.05) is 24.1 Å². The highest BCUT2D eigenvalue weighted by molar-refractivity contribution is 5.94. The Kier molecular flexibility index (Phi) is 5.09. The molecule has 128 valence electrons. The molecule has 0 aliphatic rings. The summed E-state index contributed by atoms with van der Waals surface area (Å²) in [6, 6.07) is 14.9. The number of rotatable bonds is 6. The van der Waals surface area contributed by atoms with Crippen molar-refractivity contribution in [1.82, 2.24) is 15.5 Å². The summed E-state index contributed by atoms with van der Waals surface area (Å²) >= 11 is 0. The molecule has 6 heteroatoms. The van der Waals surface area contributed by atoms with Gasteiger partial charge in [-0.2, -0.15) is 4.98 Å². The highest BCUT2D eigenvalue weighted by Gasteiger charge is 2.10. The van der Waals surface area contributed by atoms with Gasteiger partial charge in [0.25, 0.3) is 5.91 Å². The molecule has 0 radical (unpaired) electrons. The van der Waals surface area contributed by atoms with Crippen LogP contribution in [-0.4, -0.2) is 29.7 Å². The molecule has 3 rings (SSSR count). The highest BCUT2D eigenvalue weighted by atomic mass is 16.5. The van der Waals surface area contributed by atoms with Gasteiger partial charge >= 0.3 is 0 Å². The maximum Gasteiger partial charge on any atom is 0.251 e. The number of benzene rings is 2. The number of methoxy groups -OCH3 is 1. The SMILES string of the molecule is COc1ccc(-c2noc(CCNC(=O)c3cccc(C)c3)n2)cc1. The number of carbonyl (C=O) groups is 1. The maximum absolute atomic E-state index is 12.1. The van der Waals surface area contributed by atoms with Crippen molar-refractivity contribution < 1.29 is 14.1 Å². The molecular weight excluding hydrogens is 318 g/mol. The van der Waals surface area contributed by atoms with Gasteiger partial charge in [0.05, 0.1) is 7.11 Å². The summed E-state index contributed by atoms with van der Waals surface area (Å²) in [5, 5.41) is 6.83. The molecule has 0 atom stereocenters. The van der Waals surface area contributed by atoms with Crippen LogP contribution in [-0.2, 0) is 6.42 Å². The molecule has 1 heterocycles. The first-order valence-electron chi connectivity index (χ1n) is 7.97. The number of nitrogens with zero attached hydrogens (tertiary/aromatic N) is 2. The van der Waals surface area contributed by atoms with Crippen molar-refractivity contribution in [2.24, 2.45) is 0 Å². The van der Waals surface area contributed by atoms with Crippen LogP contribution in [0.15, 0.2) is 53.1 Å². The Morgan fingerprint density at radius 3 is 2.72 bits per heavy atom. The number of carbonyl (C=O) groups excluding carboxylic acids is 1. The van der Waals surface area contributed by atoms with E-state index in [0.29, 0.717) is 30.2 Å². The summed E-state index contributed by atoms with van der Waals surface area (Å²) in [5.41, 5.74) is 2.54. The molecule has 0 bridgehead atoms. The Hall–Kier alpha value is -3.15. The summed E-state index contributed by atoms with van der Waals surface area (Å²) in [6.07, 6.45) is 0.473. The van der Waals surface area contributed by atoms with Crippen LogP contribution in [0.25, 0.3) is 11.4 Å². The second-order valence-corrected chi connectivity index (χ2v) is 5.62. The second-order valence-electron chi connectivity index (χ2n) is 5.62. The van der Waals surface area contributed by atoms with E-state index in [4.69, 9.17) is 9.26 Å². The van der Waals surface area contributed by atoms with Gasteiger partial charge in [-0.1, -0.05) is 22.9 Å². The largest absolute Gasteiger partial charge is 0.497 e. The third-order valence-electron chi connectivity index (χ3n) is 3.72. The fraction of sp³-hybridized carbons (Fsp3) is 0.211. The summed E-state index contributed by atoms with van der Waals surface area (Å²) < 4.78 is 10.4. The predicted molar refractivity (Wildman–Crippen MR) is 93.5 cm³/mol. The molecular formula is C19H19N3O3.